The lowest BCUT2D eigenvalue weighted by atomic mass is 10.2. The lowest BCUT2D eigenvalue weighted by molar-refractivity contribution is 0.0182. The number of ether oxygens (including phenoxy) is 1. The van der Waals surface area contributed by atoms with E-state index < -0.39 is 18.3 Å². The Morgan fingerprint density at radius 2 is 2.09 bits per heavy atom. The molecule has 0 saturated heterocycles. The molecule has 0 aliphatic carbocycles. The molecule has 3 N–H and O–H groups in total. The van der Waals surface area contributed by atoms with Gasteiger partial charge in [-0.05, 0) is 5.56 Å². The van der Waals surface area contributed by atoms with Gasteiger partial charge in [-0.15, -0.1) is 11.3 Å². The van der Waals surface area contributed by atoms with Crippen molar-refractivity contribution in [3.8, 4) is 0 Å². The van der Waals surface area contributed by atoms with E-state index in [0.29, 0.717) is 6.29 Å². The number of benzene rings is 1. The highest BCUT2D eigenvalue weighted by atomic mass is 32.1. The van der Waals surface area contributed by atoms with E-state index in [1.807, 2.05) is 30.3 Å². The fourth-order valence-corrected chi connectivity index (χ4v) is 2.53. The summed E-state index contributed by atoms with van der Waals surface area (Å²) in [5, 5.41) is 23.8. The number of aromatic nitrogens is 1. The topological polar surface area (TPSA) is 109 Å². The van der Waals surface area contributed by atoms with Gasteiger partial charge in [0.05, 0.1) is 0 Å². The number of hydrogen-bond acceptors (Lipinski definition) is 7. The van der Waals surface area contributed by atoms with Crippen molar-refractivity contribution in [1.82, 2.24) is 10.3 Å². The van der Waals surface area contributed by atoms with Crippen LogP contribution < -0.4 is 5.32 Å². The van der Waals surface area contributed by atoms with Crippen LogP contribution in [0.15, 0.2) is 35.7 Å². The first-order valence-electron chi connectivity index (χ1n) is 6.81. The van der Waals surface area contributed by atoms with Crippen LogP contribution in [0.3, 0.4) is 0 Å². The molecule has 2 aromatic rings. The summed E-state index contributed by atoms with van der Waals surface area (Å²) < 4.78 is 4.98. The Hall–Kier alpha value is -2.29. The maximum absolute atomic E-state index is 11.5. The number of nitrogens with zero attached hydrogens (tertiary/aromatic N) is 1. The summed E-state index contributed by atoms with van der Waals surface area (Å²) in [6, 6.07) is 9.16. The van der Waals surface area contributed by atoms with Crippen LogP contribution in [0.5, 0.6) is 0 Å². The molecule has 0 spiro atoms. The lowest BCUT2D eigenvalue weighted by Gasteiger charge is -2.16. The first-order chi connectivity index (χ1) is 11.1. The van der Waals surface area contributed by atoms with Crippen molar-refractivity contribution >= 4 is 23.7 Å². The van der Waals surface area contributed by atoms with Gasteiger partial charge in [0.2, 0.25) is 0 Å². The second-order valence-electron chi connectivity index (χ2n) is 4.68. The van der Waals surface area contributed by atoms with Crippen LogP contribution in [-0.2, 0) is 11.3 Å². The third kappa shape index (κ3) is 5.13. The van der Waals surface area contributed by atoms with Crippen molar-refractivity contribution in [1.29, 1.82) is 0 Å². The third-order valence-corrected chi connectivity index (χ3v) is 3.88. The Kier molecular flexibility index (Phi) is 6.21. The summed E-state index contributed by atoms with van der Waals surface area (Å²) in [5.74, 6) is 0. The Morgan fingerprint density at radius 3 is 2.74 bits per heavy atom. The number of aldehydes is 1. The third-order valence-electron chi connectivity index (χ3n) is 2.95. The average Bonchev–Trinajstić information content (AvgIpc) is 3.07. The summed E-state index contributed by atoms with van der Waals surface area (Å²) in [6.07, 6.45) is -2.70. The van der Waals surface area contributed by atoms with Crippen LogP contribution >= 0.6 is 11.3 Å². The van der Waals surface area contributed by atoms with Crippen LogP contribution in [0.1, 0.15) is 27.2 Å². The van der Waals surface area contributed by atoms with Gasteiger partial charge in [0.1, 0.15) is 29.5 Å². The molecule has 7 nitrogen and oxygen atoms in total. The Bertz CT molecular complexity index is 646. The van der Waals surface area contributed by atoms with E-state index >= 15 is 0 Å². The normalized spacial score (nSPS) is 13.1. The number of aliphatic hydroxyl groups is 2. The molecule has 0 fully saturated rings. The number of hydrogen-bond donors (Lipinski definition) is 3. The van der Waals surface area contributed by atoms with Gasteiger partial charge < -0.3 is 20.3 Å². The molecule has 1 amide bonds. The molecule has 2 unspecified atom stereocenters. The van der Waals surface area contributed by atoms with Gasteiger partial charge in [0, 0.05) is 11.9 Å². The number of nitrogens with one attached hydrogen (secondary N) is 1. The highest BCUT2D eigenvalue weighted by Crippen LogP contribution is 2.20. The minimum Gasteiger partial charge on any atom is -0.445 e. The molecule has 0 radical (unpaired) electrons. The zero-order valence-corrected chi connectivity index (χ0v) is 12.9. The second kappa shape index (κ2) is 8.37. The molecule has 1 heterocycles. The predicted octanol–water partition coefficient (Wildman–Crippen LogP) is 1.28. The van der Waals surface area contributed by atoms with Gasteiger partial charge in [-0.1, -0.05) is 30.3 Å². The number of amides is 1. The predicted molar refractivity (Wildman–Crippen MR) is 83.1 cm³/mol. The van der Waals surface area contributed by atoms with E-state index in [1.54, 1.807) is 0 Å². The molecule has 1 aromatic heterocycles. The summed E-state index contributed by atoms with van der Waals surface area (Å²) in [7, 11) is 0. The number of carbonyl (C=O) groups is 2. The zero-order valence-electron chi connectivity index (χ0n) is 12.1. The van der Waals surface area contributed by atoms with Crippen LogP contribution in [0.4, 0.5) is 4.79 Å². The number of rotatable bonds is 7. The van der Waals surface area contributed by atoms with Crippen molar-refractivity contribution < 1.29 is 24.5 Å². The molecule has 0 saturated carbocycles. The van der Waals surface area contributed by atoms with Crippen molar-refractivity contribution in [2.24, 2.45) is 0 Å². The molecule has 0 aliphatic heterocycles. The zero-order chi connectivity index (χ0) is 16.7. The maximum atomic E-state index is 11.5. The number of carbonyl (C=O) groups excluding carboxylic acids is 2. The highest BCUT2D eigenvalue weighted by molar-refractivity contribution is 7.09. The van der Waals surface area contributed by atoms with E-state index in [4.69, 9.17) is 4.74 Å². The first-order valence-corrected chi connectivity index (χ1v) is 7.69. The van der Waals surface area contributed by atoms with Crippen LogP contribution in [0.25, 0.3) is 0 Å². The maximum Gasteiger partial charge on any atom is 0.407 e. The van der Waals surface area contributed by atoms with Gasteiger partial charge in [-0.25, -0.2) is 9.78 Å². The van der Waals surface area contributed by atoms with Crippen molar-refractivity contribution in [3.05, 3.63) is 52.0 Å². The molecular formula is C15H16N2O5S. The molecule has 2 atom stereocenters. The summed E-state index contributed by atoms with van der Waals surface area (Å²) in [4.78, 5) is 25.9. The largest absolute Gasteiger partial charge is 0.445 e. The lowest BCUT2D eigenvalue weighted by Crippen LogP contribution is -2.35. The quantitative estimate of drug-likeness (QED) is 0.657. The fourth-order valence-electron chi connectivity index (χ4n) is 1.73. The summed E-state index contributed by atoms with van der Waals surface area (Å²) in [5.41, 5.74) is 1.03. The van der Waals surface area contributed by atoms with Gasteiger partial charge in [0.25, 0.3) is 0 Å². The van der Waals surface area contributed by atoms with Crippen LogP contribution in [0, 0.1) is 0 Å². The van der Waals surface area contributed by atoms with Crippen LogP contribution in [0.2, 0.25) is 0 Å². The second-order valence-corrected chi connectivity index (χ2v) is 5.57. The number of alkyl carbamates (subject to hydrolysis) is 1. The number of thiazole rings is 1. The molecule has 122 valence electrons. The SMILES string of the molecule is O=Cc1csc(C(O)C(O)CNC(=O)OCc2ccccc2)n1. The molecule has 2 rings (SSSR count). The molecular weight excluding hydrogens is 320 g/mol. The van der Waals surface area contributed by atoms with Gasteiger partial charge in [0.15, 0.2) is 6.29 Å². The van der Waals surface area contributed by atoms with E-state index in [1.165, 1.54) is 5.38 Å². The highest BCUT2D eigenvalue weighted by Gasteiger charge is 2.22. The minimum absolute atomic E-state index is 0.112. The number of aliphatic hydroxyl groups excluding tert-OH is 2. The molecule has 0 aliphatic rings. The van der Waals surface area contributed by atoms with Gasteiger partial charge >= 0.3 is 6.09 Å². The Balaban J connectivity index is 1.75. The van der Waals surface area contributed by atoms with Crippen LogP contribution in [-0.4, -0.2) is 40.2 Å². The fraction of sp³-hybridized carbons (Fsp3) is 0.267. The Morgan fingerprint density at radius 1 is 1.35 bits per heavy atom. The average molecular weight is 336 g/mol. The Labute approximate surface area is 136 Å². The van der Waals surface area contributed by atoms with Crippen molar-refractivity contribution in [3.63, 3.8) is 0 Å². The summed E-state index contributed by atoms with van der Waals surface area (Å²) >= 11 is 1.06. The monoisotopic (exact) mass is 336 g/mol. The summed E-state index contributed by atoms with van der Waals surface area (Å²) in [6.45, 7) is -0.0920. The van der Waals surface area contributed by atoms with Crippen molar-refractivity contribution in [2.75, 3.05) is 6.54 Å². The smallest absolute Gasteiger partial charge is 0.407 e. The standard InChI is InChI=1S/C15H16N2O5S/c18-7-11-9-23-14(17-11)13(20)12(19)6-16-15(21)22-8-10-4-2-1-3-5-10/h1-5,7,9,12-13,19-20H,6,8H2,(H,16,21). The molecule has 1 aromatic carbocycles. The minimum atomic E-state index is -1.29. The van der Waals surface area contributed by atoms with Crippen molar-refractivity contribution in [2.45, 2.75) is 18.8 Å². The van der Waals surface area contributed by atoms with E-state index in [2.05, 4.69) is 10.3 Å². The van der Waals surface area contributed by atoms with E-state index in [0.717, 1.165) is 16.9 Å². The molecule has 23 heavy (non-hydrogen) atoms. The van der Waals surface area contributed by atoms with Gasteiger partial charge in [-0.2, -0.15) is 0 Å². The first kappa shape index (κ1) is 17.1. The van der Waals surface area contributed by atoms with E-state index in [-0.39, 0.29) is 23.9 Å². The van der Waals surface area contributed by atoms with Gasteiger partial charge in [-0.3, -0.25) is 4.79 Å². The molecule has 0 bridgehead atoms. The molecule has 8 heteroatoms. The van der Waals surface area contributed by atoms with E-state index in [9.17, 15) is 19.8 Å².